The quantitative estimate of drug-likeness (QED) is 0.560. The van der Waals surface area contributed by atoms with Crippen molar-refractivity contribution in [2.24, 2.45) is 0 Å². The van der Waals surface area contributed by atoms with Crippen LogP contribution in [0.1, 0.15) is 16.1 Å². The van der Waals surface area contributed by atoms with Gasteiger partial charge in [0.25, 0.3) is 5.91 Å². The topological polar surface area (TPSA) is 100 Å². The lowest BCUT2D eigenvalue weighted by Crippen LogP contribution is -2.31. The number of nitrogens with zero attached hydrogens (tertiary/aromatic N) is 6. The lowest BCUT2D eigenvalue weighted by Gasteiger charge is -2.23. The Hall–Kier alpha value is -4.01. The molecule has 0 radical (unpaired) electrons. The van der Waals surface area contributed by atoms with Gasteiger partial charge in [0.15, 0.2) is 5.65 Å². The zero-order chi connectivity index (χ0) is 20.7. The highest BCUT2D eigenvalue weighted by Crippen LogP contribution is 2.26. The van der Waals surface area contributed by atoms with E-state index in [9.17, 15) is 9.59 Å². The molecular formula is C21H19N7O2. The first-order valence-corrected chi connectivity index (χ1v) is 9.59. The molecular weight excluding hydrogens is 382 g/mol. The molecule has 4 aromatic rings. The van der Waals surface area contributed by atoms with Gasteiger partial charge in [-0.1, -0.05) is 6.07 Å². The number of hydrogen-bond acceptors (Lipinski definition) is 6. The molecule has 0 saturated carbocycles. The first-order chi connectivity index (χ1) is 14.6. The number of likely N-dealkylation sites (N-methyl/N-ethyl adjacent to an activating group) is 1. The molecule has 0 bridgehead atoms. The van der Waals surface area contributed by atoms with E-state index in [-0.39, 0.29) is 11.6 Å². The third kappa shape index (κ3) is 3.00. The number of nitrogens with one attached hydrogen (secondary N) is 1. The van der Waals surface area contributed by atoms with E-state index >= 15 is 0 Å². The number of aromatic nitrogens is 5. The van der Waals surface area contributed by atoms with E-state index in [1.54, 1.807) is 48.6 Å². The Morgan fingerprint density at radius 2 is 1.87 bits per heavy atom. The van der Waals surface area contributed by atoms with Gasteiger partial charge >= 0.3 is 5.69 Å². The molecule has 9 heteroatoms. The van der Waals surface area contributed by atoms with E-state index in [1.807, 2.05) is 23.1 Å². The highest BCUT2D eigenvalue weighted by atomic mass is 16.2. The Bertz CT molecular complexity index is 1300. The van der Waals surface area contributed by atoms with Crippen LogP contribution >= 0.6 is 0 Å². The van der Waals surface area contributed by atoms with Crippen molar-refractivity contribution in [3.05, 3.63) is 76.6 Å². The number of pyridine rings is 3. The van der Waals surface area contributed by atoms with Crippen molar-refractivity contribution in [1.29, 1.82) is 0 Å². The first-order valence-electron chi connectivity index (χ1n) is 9.59. The SMILES string of the molecule is CN1CCN(Cc2ccccn2)c2nc(-n3c(=O)[nH]c4ncccc43)ccc2C1=O. The normalized spacial score (nSPS) is 14.1. The zero-order valence-electron chi connectivity index (χ0n) is 16.3. The van der Waals surface area contributed by atoms with E-state index in [0.29, 0.717) is 48.0 Å². The Morgan fingerprint density at radius 3 is 2.70 bits per heavy atom. The molecule has 0 saturated heterocycles. The predicted octanol–water partition coefficient (Wildman–Crippen LogP) is 1.60. The molecule has 0 fully saturated rings. The van der Waals surface area contributed by atoms with Crippen molar-refractivity contribution in [3.63, 3.8) is 0 Å². The zero-order valence-corrected chi connectivity index (χ0v) is 16.3. The molecule has 1 aliphatic heterocycles. The Labute approximate surface area is 171 Å². The molecule has 0 spiro atoms. The van der Waals surface area contributed by atoms with Gasteiger partial charge in [-0.25, -0.2) is 19.3 Å². The second-order valence-corrected chi connectivity index (χ2v) is 7.15. The fourth-order valence-corrected chi connectivity index (χ4v) is 3.66. The highest BCUT2D eigenvalue weighted by molar-refractivity contribution is 5.99. The van der Waals surface area contributed by atoms with Crippen LogP contribution in [-0.2, 0) is 6.54 Å². The number of aromatic amines is 1. The number of amides is 1. The summed E-state index contributed by atoms with van der Waals surface area (Å²) in [5.74, 6) is 0.875. The number of fused-ring (bicyclic) bond motifs is 2. The first kappa shape index (κ1) is 18.0. The summed E-state index contributed by atoms with van der Waals surface area (Å²) in [5, 5.41) is 0. The third-order valence-corrected chi connectivity index (χ3v) is 5.21. The van der Waals surface area contributed by atoms with Crippen molar-refractivity contribution in [3.8, 4) is 5.82 Å². The number of carbonyl (C=O) groups excluding carboxylic acids is 1. The van der Waals surface area contributed by atoms with Gasteiger partial charge in [0, 0.05) is 32.5 Å². The largest absolute Gasteiger partial charge is 0.348 e. The van der Waals surface area contributed by atoms with Gasteiger partial charge in [0.05, 0.1) is 23.3 Å². The average Bonchev–Trinajstić information content (AvgIpc) is 3.06. The Balaban J connectivity index is 1.66. The van der Waals surface area contributed by atoms with Crippen LogP contribution in [0.2, 0.25) is 0 Å². The summed E-state index contributed by atoms with van der Waals surface area (Å²) in [6, 6.07) is 12.7. The Kier molecular flexibility index (Phi) is 4.27. The second-order valence-electron chi connectivity index (χ2n) is 7.15. The minimum atomic E-state index is -0.329. The molecule has 9 nitrogen and oxygen atoms in total. The van der Waals surface area contributed by atoms with E-state index in [2.05, 4.69) is 15.0 Å². The lowest BCUT2D eigenvalue weighted by atomic mass is 10.2. The smallest absolute Gasteiger partial charge is 0.333 e. The number of rotatable bonds is 3. The van der Waals surface area contributed by atoms with Gasteiger partial charge < -0.3 is 9.80 Å². The Morgan fingerprint density at radius 1 is 1.00 bits per heavy atom. The van der Waals surface area contributed by atoms with Gasteiger partial charge in [-0.3, -0.25) is 14.8 Å². The summed E-state index contributed by atoms with van der Waals surface area (Å²) in [5.41, 5.74) is 2.16. The molecule has 1 amide bonds. The van der Waals surface area contributed by atoms with Crippen LogP contribution in [0, 0.1) is 0 Å². The molecule has 150 valence electrons. The summed E-state index contributed by atoms with van der Waals surface area (Å²) in [6.45, 7) is 1.68. The number of H-pyrrole nitrogens is 1. The minimum Gasteiger partial charge on any atom is -0.348 e. The summed E-state index contributed by atoms with van der Waals surface area (Å²) >= 11 is 0. The number of hydrogen-bond donors (Lipinski definition) is 1. The van der Waals surface area contributed by atoms with Crippen LogP contribution in [0.15, 0.2) is 59.7 Å². The van der Waals surface area contributed by atoms with E-state index < -0.39 is 0 Å². The van der Waals surface area contributed by atoms with Crippen LogP contribution in [0.5, 0.6) is 0 Å². The highest BCUT2D eigenvalue weighted by Gasteiger charge is 2.27. The van der Waals surface area contributed by atoms with Crippen LogP contribution in [0.3, 0.4) is 0 Å². The summed E-state index contributed by atoms with van der Waals surface area (Å²) in [7, 11) is 1.78. The predicted molar refractivity (Wildman–Crippen MR) is 112 cm³/mol. The van der Waals surface area contributed by atoms with Crippen molar-refractivity contribution in [2.75, 3.05) is 25.0 Å². The molecule has 0 aromatic carbocycles. The van der Waals surface area contributed by atoms with Crippen LogP contribution in [0.4, 0.5) is 5.82 Å². The van der Waals surface area contributed by atoms with Gasteiger partial charge in [-0.05, 0) is 36.4 Å². The monoisotopic (exact) mass is 401 g/mol. The molecule has 0 unspecified atom stereocenters. The fraction of sp³-hybridized carbons (Fsp3) is 0.190. The van der Waals surface area contributed by atoms with Crippen molar-refractivity contribution < 1.29 is 4.79 Å². The van der Waals surface area contributed by atoms with E-state index in [4.69, 9.17) is 4.98 Å². The maximum absolute atomic E-state index is 12.9. The van der Waals surface area contributed by atoms with E-state index in [0.717, 1.165) is 5.69 Å². The summed E-state index contributed by atoms with van der Waals surface area (Å²) < 4.78 is 1.47. The van der Waals surface area contributed by atoms with Crippen molar-refractivity contribution >= 4 is 22.9 Å². The van der Waals surface area contributed by atoms with Crippen LogP contribution < -0.4 is 10.6 Å². The standard InChI is InChI=1S/C21H19N7O2/c1-26-11-12-27(13-14-5-2-3-9-22-14)19-15(20(26)29)7-8-17(24-19)28-16-6-4-10-23-18(16)25-21(28)30/h2-10H,11-13H2,1H3,(H,23,25,30). The molecule has 0 aliphatic carbocycles. The van der Waals surface area contributed by atoms with Crippen LogP contribution in [-0.4, -0.2) is 55.4 Å². The minimum absolute atomic E-state index is 0.0967. The molecule has 5 rings (SSSR count). The molecule has 30 heavy (non-hydrogen) atoms. The average molecular weight is 401 g/mol. The molecule has 0 atom stereocenters. The number of carbonyl (C=O) groups is 1. The van der Waals surface area contributed by atoms with Gasteiger partial charge in [0.1, 0.15) is 11.6 Å². The van der Waals surface area contributed by atoms with Gasteiger partial charge in [-0.2, -0.15) is 0 Å². The molecule has 5 heterocycles. The third-order valence-electron chi connectivity index (χ3n) is 5.21. The van der Waals surface area contributed by atoms with E-state index in [1.165, 1.54) is 4.57 Å². The van der Waals surface area contributed by atoms with Crippen LogP contribution in [0.25, 0.3) is 17.0 Å². The molecule has 1 aliphatic rings. The maximum atomic E-state index is 12.9. The second kappa shape index (κ2) is 7.11. The van der Waals surface area contributed by atoms with Gasteiger partial charge in [0.2, 0.25) is 0 Å². The number of anilines is 1. The van der Waals surface area contributed by atoms with Crippen molar-refractivity contribution in [2.45, 2.75) is 6.54 Å². The molecule has 4 aromatic heterocycles. The number of imidazole rings is 1. The lowest BCUT2D eigenvalue weighted by molar-refractivity contribution is 0.0804. The van der Waals surface area contributed by atoms with Gasteiger partial charge in [-0.15, -0.1) is 0 Å². The fourth-order valence-electron chi connectivity index (χ4n) is 3.66. The summed E-state index contributed by atoms with van der Waals surface area (Å²) in [6.07, 6.45) is 3.36. The summed E-state index contributed by atoms with van der Waals surface area (Å²) in [4.78, 5) is 45.3. The maximum Gasteiger partial charge on any atom is 0.333 e. The van der Waals surface area contributed by atoms with Crippen molar-refractivity contribution in [1.82, 2.24) is 29.4 Å². The molecule has 1 N–H and O–H groups in total.